The summed E-state index contributed by atoms with van der Waals surface area (Å²) < 4.78 is 5.07. The van der Waals surface area contributed by atoms with Gasteiger partial charge in [0.25, 0.3) is 11.6 Å². The van der Waals surface area contributed by atoms with Crippen LogP contribution in [0.25, 0.3) is 22.4 Å². The summed E-state index contributed by atoms with van der Waals surface area (Å²) in [6.07, 6.45) is 0. The van der Waals surface area contributed by atoms with Gasteiger partial charge in [-0.25, -0.2) is 5.10 Å². The van der Waals surface area contributed by atoms with Crippen molar-refractivity contribution in [3.05, 3.63) is 57.2 Å². The molecule has 11 nitrogen and oxygen atoms in total. The number of carbonyl (C=O) groups is 1. The van der Waals surface area contributed by atoms with E-state index >= 15 is 0 Å². The Morgan fingerprint density at radius 2 is 2.11 bits per heavy atom. The lowest BCUT2D eigenvalue weighted by molar-refractivity contribution is -0.384. The zero-order chi connectivity index (χ0) is 19.0. The molecule has 0 saturated heterocycles. The first-order chi connectivity index (χ1) is 13.0. The maximum atomic E-state index is 12.7. The number of aromatic amines is 1. The summed E-state index contributed by atoms with van der Waals surface area (Å²) in [7, 11) is 0. The lowest BCUT2D eigenvalue weighted by Gasteiger charge is -2.08. The highest BCUT2D eigenvalue weighted by molar-refractivity contribution is 6.31. The number of amides is 1. The van der Waals surface area contributed by atoms with Crippen LogP contribution in [0.2, 0.25) is 5.02 Å². The number of hydrogen-bond acceptors (Lipinski definition) is 8. The van der Waals surface area contributed by atoms with E-state index in [1.165, 1.54) is 18.2 Å². The van der Waals surface area contributed by atoms with Crippen LogP contribution in [0, 0.1) is 10.1 Å². The van der Waals surface area contributed by atoms with Crippen LogP contribution in [0.4, 0.5) is 11.4 Å². The third-order valence-electron chi connectivity index (χ3n) is 3.71. The van der Waals surface area contributed by atoms with Gasteiger partial charge in [-0.05, 0) is 34.7 Å². The number of nitro groups is 1. The molecular weight excluding hydrogens is 378 g/mol. The molecule has 0 aliphatic carbocycles. The van der Waals surface area contributed by atoms with Gasteiger partial charge in [0.15, 0.2) is 17.1 Å². The number of anilines is 1. The Balaban J connectivity index is 1.72. The van der Waals surface area contributed by atoms with Crippen molar-refractivity contribution in [3.8, 4) is 11.4 Å². The summed E-state index contributed by atoms with van der Waals surface area (Å²) in [4.78, 5) is 23.1. The van der Waals surface area contributed by atoms with Crippen LogP contribution in [-0.2, 0) is 0 Å². The first-order valence-electron chi connectivity index (χ1n) is 7.42. The van der Waals surface area contributed by atoms with Crippen LogP contribution in [-0.4, -0.2) is 36.6 Å². The predicted octanol–water partition coefficient (Wildman–Crippen LogP) is 2.82. The number of carbonyl (C=O) groups excluding carboxylic acids is 1. The molecule has 4 aromatic rings. The third kappa shape index (κ3) is 3.06. The molecule has 0 radical (unpaired) electrons. The zero-order valence-electron chi connectivity index (χ0n) is 13.2. The molecule has 0 bridgehead atoms. The number of nitrogens with one attached hydrogen (secondary N) is 2. The molecule has 27 heavy (non-hydrogen) atoms. The Hall–Kier alpha value is -3.86. The quantitative estimate of drug-likeness (QED) is 0.401. The number of rotatable bonds is 4. The smallest absolute Gasteiger partial charge is 0.278 e. The number of non-ortho nitro benzene ring substituents is 1. The molecule has 4 rings (SSSR count). The number of aromatic nitrogens is 5. The minimum absolute atomic E-state index is 0.0923. The van der Waals surface area contributed by atoms with Crippen LogP contribution in [0.15, 0.2) is 40.9 Å². The van der Waals surface area contributed by atoms with Gasteiger partial charge in [-0.2, -0.15) is 0 Å². The van der Waals surface area contributed by atoms with Crippen molar-refractivity contribution >= 4 is 39.9 Å². The van der Waals surface area contributed by atoms with Gasteiger partial charge in [-0.3, -0.25) is 14.9 Å². The number of halogens is 1. The number of fused-ring (bicyclic) bond motifs is 1. The monoisotopic (exact) mass is 385 g/mol. The molecule has 2 heterocycles. The molecule has 134 valence electrons. The average molecular weight is 386 g/mol. The number of H-pyrrole nitrogens is 1. The number of benzene rings is 2. The van der Waals surface area contributed by atoms with Crippen molar-refractivity contribution in [2.24, 2.45) is 0 Å². The molecule has 0 atom stereocenters. The van der Waals surface area contributed by atoms with E-state index in [0.717, 1.165) is 0 Å². The average Bonchev–Trinajstić information content (AvgIpc) is 3.32. The van der Waals surface area contributed by atoms with Crippen molar-refractivity contribution in [2.45, 2.75) is 0 Å². The van der Waals surface area contributed by atoms with Gasteiger partial charge < -0.3 is 9.84 Å². The summed E-state index contributed by atoms with van der Waals surface area (Å²) in [5.74, 6) is -0.321. The fourth-order valence-corrected chi connectivity index (χ4v) is 2.65. The van der Waals surface area contributed by atoms with Crippen molar-refractivity contribution in [2.75, 3.05) is 5.32 Å². The lowest BCUT2D eigenvalue weighted by atomic mass is 10.1. The van der Waals surface area contributed by atoms with Crippen LogP contribution in [0.1, 0.15) is 10.5 Å². The second-order valence-electron chi connectivity index (χ2n) is 5.36. The number of hydrogen-bond donors (Lipinski definition) is 2. The van der Waals surface area contributed by atoms with E-state index in [2.05, 4.69) is 31.1 Å². The molecule has 0 aliphatic rings. The Morgan fingerprint density at radius 3 is 2.85 bits per heavy atom. The normalized spacial score (nSPS) is 10.9. The first-order valence-corrected chi connectivity index (χ1v) is 7.79. The van der Waals surface area contributed by atoms with Gasteiger partial charge in [0.1, 0.15) is 0 Å². The predicted molar refractivity (Wildman–Crippen MR) is 93.2 cm³/mol. The summed E-state index contributed by atoms with van der Waals surface area (Å²) in [6, 6.07) is 8.60. The molecule has 2 aromatic heterocycles. The second kappa shape index (κ2) is 6.46. The fraction of sp³-hybridized carbons (Fsp3) is 0. The maximum Gasteiger partial charge on any atom is 0.278 e. The molecule has 0 aliphatic heterocycles. The lowest BCUT2D eigenvalue weighted by Crippen LogP contribution is -2.13. The first kappa shape index (κ1) is 16.6. The van der Waals surface area contributed by atoms with E-state index in [1.807, 2.05) is 0 Å². The second-order valence-corrected chi connectivity index (χ2v) is 5.80. The number of tetrazole rings is 1. The largest absolute Gasteiger partial charge is 0.355 e. The zero-order valence-corrected chi connectivity index (χ0v) is 14.0. The SMILES string of the molecule is O=C(Nc1ccc(Cl)cc1-c1nnn[nH]1)c1noc2ccc([N+](=O)[O-])cc12. The molecule has 0 unspecified atom stereocenters. The van der Waals surface area contributed by atoms with Gasteiger partial charge in [0.05, 0.1) is 16.0 Å². The van der Waals surface area contributed by atoms with Crippen molar-refractivity contribution in [1.82, 2.24) is 25.8 Å². The summed E-state index contributed by atoms with van der Waals surface area (Å²) in [6.45, 7) is 0. The van der Waals surface area contributed by atoms with Crippen LogP contribution < -0.4 is 5.32 Å². The molecular formula is C15H8ClN7O4. The molecule has 0 saturated carbocycles. The van der Waals surface area contributed by atoms with Crippen LogP contribution in [0.5, 0.6) is 0 Å². The van der Waals surface area contributed by atoms with Crippen molar-refractivity contribution in [1.29, 1.82) is 0 Å². The molecule has 2 aromatic carbocycles. The molecule has 1 amide bonds. The Morgan fingerprint density at radius 1 is 1.26 bits per heavy atom. The van der Waals surface area contributed by atoms with E-state index < -0.39 is 10.8 Å². The molecule has 0 spiro atoms. The van der Waals surface area contributed by atoms with E-state index in [0.29, 0.717) is 22.1 Å². The number of nitro benzene ring substituents is 1. The van der Waals surface area contributed by atoms with Crippen LogP contribution >= 0.6 is 11.6 Å². The van der Waals surface area contributed by atoms with Gasteiger partial charge >= 0.3 is 0 Å². The fourth-order valence-electron chi connectivity index (χ4n) is 2.48. The highest BCUT2D eigenvalue weighted by atomic mass is 35.5. The summed E-state index contributed by atoms with van der Waals surface area (Å²) in [5.41, 5.74) is 0.802. The van der Waals surface area contributed by atoms with Gasteiger partial charge in [-0.15, -0.1) is 5.10 Å². The molecule has 0 fully saturated rings. The highest BCUT2D eigenvalue weighted by Gasteiger charge is 2.21. The summed E-state index contributed by atoms with van der Waals surface area (Å²) >= 11 is 6.01. The van der Waals surface area contributed by atoms with Gasteiger partial charge in [0.2, 0.25) is 0 Å². The minimum Gasteiger partial charge on any atom is -0.355 e. The Labute approximate surface area is 154 Å². The van der Waals surface area contributed by atoms with E-state index in [4.69, 9.17) is 16.1 Å². The maximum absolute atomic E-state index is 12.7. The third-order valence-corrected chi connectivity index (χ3v) is 3.94. The highest BCUT2D eigenvalue weighted by Crippen LogP contribution is 2.29. The van der Waals surface area contributed by atoms with E-state index in [9.17, 15) is 14.9 Å². The summed E-state index contributed by atoms with van der Waals surface area (Å²) in [5, 5.41) is 31.4. The molecule has 12 heteroatoms. The van der Waals surface area contributed by atoms with Crippen molar-refractivity contribution < 1.29 is 14.2 Å². The Kier molecular flexibility index (Phi) is 3.97. The molecule has 2 N–H and O–H groups in total. The van der Waals surface area contributed by atoms with Crippen LogP contribution in [0.3, 0.4) is 0 Å². The Bertz CT molecular complexity index is 1170. The van der Waals surface area contributed by atoms with Gasteiger partial charge in [-0.1, -0.05) is 16.8 Å². The van der Waals surface area contributed by atoms with Crippen molar-refractivity contribution in [3.63, 3.8) is 0 Å². The topological polar surface area (TPSA) is 153 Å². The number of nitrogens with zero attached hydrogens (tertiary/aromatic N) is 5. The standard InChI is InChI=1S/C15H8ClN7O4/c16-7-1-3-11(9(5-7)14-18-21-22-19-14)17-15(24)13-10-6-8(23(25)26)2-4-12(10)27-20-13/h1-6H,(H,17,24)(H,18,19,21,22). The van der Waals surface area contributed by atoms with Gasteiger partial charge in [0, 0.05) is 22.7 Å². The minimum atomic E-state index is -0.620. The van der Waals surface area contributed by atoms with E-state index in [-0.39, 0.29) is 22.4 Å². The van der Waals surface area contributed by atoms with E-state index in [1.54, 1.807) is 18.2 Å².